The summed E-state index contributed by atoms with van der Waals surface area (Å²) in [6, 6.07) is 4.48. The van der Waals surface area contributed by atoms with Crippen molar-refractivity contribution in [2.24, 2.45) is 18.9 Å². The number of fused-ring (bicyclic) bond motifs is 1. The van der Waals surface area contributed by atoms with E-state index in [0.717, 1.165) is 6.54 Å². The van der Waals surface area contributed by atoms with E-state index in [-0.39, 0.29) is 46.6 Å². The van der Waals surface area contributed by atoms with E-state index in [9.17, 15) is 18.3 Å². The highest BCUT2D eigenvalue weighted by Crippen LogP contribution is 2.36. The number of carbonyl (C=O) groups is 1. The molecule has 0 unspecified atom stereocenters. The fraction of sp³-hybridized carbons (Fsp3) is 0.630. The van der Waals surface area contributed by atoms with Gasteiger partial charge in [0.15, 0.2) is 10.8 Å². The molecule has 0 saturated heterocycles. The van der Waals surface area contributed by atoms with Crippen molar-refractivity contribution < 1.29 is 23.1 Å². The van der Waals surface area contributed by atoms with Gasteiger partial charge < -0.3 is 24.2 Å². The van der Waals surface area contributed by atoms with E-state index in [0.29, 0.717) is 19.0 Å². The lowest BCUT2D eigenvalue weighted by atomic mass is 9.89. The number of imidazole rings is 1. The van der Waals surface area contributed by atoms with Crippen LogP contribution in [0, 0.1) is 11.8 Å². The van der Waals surface area contributed by atoms with E-state index in [1.54, 1.807) is 34.7 Å². The number of hydrogen-bond donors (Lipinski definition) is 2. The summed E-state index contributed by atoms with van der Waals surface area (Å²) in [7, 11) is -0.220. The van der Waals surface area contributed by atoms with Gasteiger partial charge in [-0.2, -0.15) is 8.42 Å². The summed E-state index contributed by atoms with van der Waals surface area (Å²) in [6.45, 7) is 5.70. The van der Waals surface area contributed by atoms with Gasteiger partial charge in [0.25, 0.3) is 15.9 Å². The van der Waals surface area contributed by atoms with Crippen molar-refractivity contribution in [2.75, 3.05) is 38.0 Å². The Balaban J connectivity index is 1.67. The monoisotopic (exact) mass is 547 g/mol. The smallest absolute Gasteiger partial charge is 0.281 e. The maximum atomic E-state index is 13.6. The minimum absolute atomic E-state index is 0.0599. The Hall–Kier alpha value is -2.63. The fourth-order valence-corrected chi connectivity index (χ4v) is 6.50. The Bertz CT molecular complexity index is 1210. The molecule has 1 aromatic carbocycles. The largest absolute Gasteiger partial charge is 0.486 e. The van der Waals surface area contributed by atoms with Crippen LogP contribution in [-0.4, -0.2) is 84.2 Å². The van der Waals surface area contributed by atoms with Crippen molar-refractivity contribution in [3.05, 3.63) is 36.3 Å². The lowest BCUT2D eigenvalue weighted by molar-refractivity contribution is 0.0333. The molecule has 210 valence electrons. The molecule has 2 aliphatic rings. The first kappa shape index (κ1) is 28.4. The molecule has 1 saturated carbocycles. The molecule has 1 aliphatic carbocycles. The fourth-order valence-electron chi connectivity index (χ4n) is 5.46. The second-order valence-electron chi connectivity index (χ2n) is 11.0. The van der Waals surface area contributed by atoms with Crippen LogP contribution in [-0.2, 0) is 17.1 Å². The molecule has 10 nitrogen and oxygen atoms in total. The van der Waals surface area contributed by atoms with Crippen LogP contribution in [0.2, 0.25) is 0 Å². The molecular formula is C27H41N5O5S. The third-order valence-corrected chi connectivity index (χ3v) is 8.93. The van der Waals surface area contributed by atoms with Crippen LogP contribution < -0.4 is 9.46 Å². The van der Waals surface area contributed by atoms with Crippen LogP contribution in [0.5, 0.6) is 5.75 Å². The van der Waals surface area contributed by atoms with Crippen LogP contribution in [0.1, 0.15) is 56.3 Å². The third kappa shape index (κ3) is 6.50. The number of para-hydroxylation sites is 1. The Kier molecular flexibility index (Phi) is 9.00. The van der Waals surface area contributed by atoms with Crippen LogP contribution in [0.15, 0.2) is 35.7 Å². The van der Waals surface area contributed by atoms with Gasteiger partial charge in [0.05, 0.1) is 30.2 Å². The van der Waals surface area contributed by atoms with Gasteiger partial charge in [0.2, 0.25) is 0 Å². The Labute approximate surface area is 226 Å². The van der Waals surface area contributed by atoms with Gasteiger partial charge in [0.1, 0.15) is 6.10 Å². The number of benzene rings is 1. The number of aliphatic hydroxyl groups is 1. The zero-order valence-corrected chi connectivity index (χ0v) is 23.7. The van der Waals surface area contributed by atoms with E-state index in [1.165, 1.54) is 44.6 Å². The number of aryl methyl sites for hydroxylation is 1. The highest BCUT2D eigenvalue weighted by atomic mass is 32.2. The molecule has 0 radical (unpaired) electrons. The summed E-state index contributed by atoms with van der Waals surface area (Å²) >= 11 is 0. The molecule has 2 N–H and O–H groups in total. The van der Waals surface area contributed by atoms with Crippen molar-refractivity contribution in [1.29, 1.82) is 0 Å². The Morgan fingerprint density at radius 1 is 1.24 bits per heavy atom. The van der Waals surface area contributed by atoms with Crippen molar-refractivity contribution in [1.82, 2.24) is 19.4 Å². The maximum Gasteiger partial charge on any atom is 0.281 e. The first-order chi connectivity index (χ1) is 18.1. The van der Waals surface area contributed by atoms with E-state index in [2.05, 4.69) is 21.7 Å². The molecule has 3 atom stereocenters. The first-order valence-electron chi connectivity index (χ1n) is 13.5. The highest BCUT2D eigenvalue weighted by Gasteiger charge is 2.35. The van der Waals surface area contributed by atoms with Gasteiger partial charge in [0, 0.05) is 38.8 Å². The van der Waals surface area contributed by atoms with Gasteiger partial charge >= 0.3 is 0 Å². The molecule has 4 rings (SSSR count). The number of aromatic nitrogens is 2. The van der Waals surface area contributed by atoms with Crippen molar-refractivity contribution >= 4 is 21.6 Å². The number of nitrogens with zero attached hydrogens (tertiary/aromatic N) is 4. The minimum atomic E-state index is -4.01. The van der Waals surface area contributed by atoms with Gasteiger partial charge in [-0.1, -0.05) is 32.3 Å². The third-order valence-electron chi connectivity index (χ3n) is 7.68. The maximum absolute atomic E-state index is 13.6. The number of aliphatic hydroxyl groups excluding tert-OH is 1. The number of anilines is 1. The number of amides is 1. The summed E-state index contributed by atoms with van der Waals surface area (Å²) in [4.78, 5) is 21.6. The molecule has 2 aromatic rings. The van der Waals surface area contributed by atoms with Gasteiger partial charge in [-0.3, -0.25) is 9.52 Å². The van der Waals surface area contributed by atoms with Crippen molar-refractivity contribution in [3.63, 3.8) is 0 Å². The first-order valence-corrected chi connectivity index (χ1v) is 15.0. The average molecular weight is 548 g/mol. The Morgan fingerprint density at radius 2 is 1.97 bits per heavy atom. The number of likely N-dealkylation sites (N-methyl/N-ethyl adjacent to an activating group) is 1. The second-order valence-corrected chi connectivity index (χ2v) is 12.6. The topological polar surface area (TPSA) is 117 Å². The average Bonchev–Trinajstić information content (AvgIpc) is 3.34. The predicted molar refractivity (Wildman–Crippen MR) is 146 cm³/mol. The number of carbonyl (C=O) groups excluding carboxylic acids is 1. The molecule has 38 heavy (non-hydrogen) atoms. The zero-order valence-electron chi connectivity index (χ0n) is 22.8. The molecule has 0 spiro atoms. The summed E-state index contributed by atoms with van der Waals surface area (Å²) in [5.74, 6) is 0.504. The standard InChI is InChI=1S/C27H41N5O5S/c1-19-13-32(20(2)17-33)27(34)22-11-8-12-23(29-38(35,36)25-16-31(4)18-28-25)26(22)37-24(19)15-30(3)14-21-9-6-5-7-10-21/h8,11-12,16,18-21,24,29,33H,5-7,9-10,13-15,17H2,1-4H3/t19-,20-,24+/m1/s1. The highest BCUT2D eigenvalue weighted by molar-refractivity contribution is 7.92. The Morgan fingerprint density at radius 3 is 2.63 bits per heavy atom. The normalized spacial score (nSPS) is 21.9. The molecule has 1 aromatic heterocycles. The lowest BCUT2D eigenvalue weighted by Crippen LogP contribution is -2.50. The molecule has 1 amide bonds. The van der Waals surface area contributed by atoms with Crippen LogP contribution in [0.25, 0.3) is 0 Å². The van der Waals surface area contributed by atoms with E-state index < -0.39 is 16.1 Å². The SMILES string of the molecule is C[C@@H]1CN([C@H](C)CO)C(=O)c2cccc(NS(=O)(=O)c3cn(C)cn3)c2O[C@H]1CN(C)CC1CCCCC1. The molecule has 1 aliphatic heterocycles. The van der Waals surface area contributed by atoms with Gasteiger partial charge in [-0.05, 0) is 44.9 Å². The minimum Gasteiger partial charge on any atom is -0.486 e. The zero-order chi connectivity index (χ0) is 27.4. The summed E-state index contributed by atoms with van der Waals surface area (Å²) in [5, 5.41) is 9.77. The number of hydrogen-bond acceptors (Lipinski definition) is 7. The lowest BCUT2D eigenvalue weighted by Gasteiger charge is -2.39. The number of nitrogens with one attached hydrogen (secondary N) is 1. The van der Waals surface area contributed by atoms with Crippen LogP contribution in [0.3, 0.4) is 0 Å². The van der Waals surface area contributed by atoms with Crippen molar-refractivity contribution in [3.8, 4) is 5.75 Å². The van der Waals surface area contributed by atoms with E-state index >= 15 is 0 Å². The molecule has 2 heterocycles. The summed E-state index contributed by atoms with van der Waals surface area (Å²) in [6.07, 6.45) is 8.87. The molecule has 1 fully saturated rings. The second kappa shape index (κ2) is 12.0. The molecular weight excluding hydrogens is 506 g/mol. The quantitative estimate of drug-likeness (QED) is 0.496. The summed E-state index contributed by atoms with van der Waals surface area (Å²) in [5.41, 5.74) is 0.450. The van der Waals surface area contributed by atoms with Crippen LogP contribution >= 0.6 is 0 Å². The van der Waals surface area contributed by atoms with E-state index in [1.807, 2.05) is 13.8 Å². The number of rotatable bonds is 9. The predicted octanol–water partition coefficient (Wildman–Crippen LogP) is 2.95. The van der Waals surface area contributed by atoms with Gasteiger partial charge in [-0.25, -0.2) is 4.98 Å². The van der Waals surface area contributed by atoms with E-state index in [4.69, 9.17) is 4.74 Å². The number of ether oxygens (including phenoxy) is 1. The van der Waals surface area contributed by atoms with Gasteiger partial charge in [-0.15, -0.1) is 0 Å². The summed E-state index contributed by atoms with van der Waals surface area (Å²) < 4.78 is 36.9. The number of sulfonamides is 1. The van der Waals surface area contributed by atoms with Crippen molar-refractivity contribution in [2.45, 2.75) is 63.1 Å². The molecule has 0 bridgehead atoms. The molecule has 11 heteroatoms. The van der Waals surface area contributed by atoms with Crippen LogP contribution in [0.4, 0.5) is 5.69 Å².